The van der Waals surface area contributed by atoms with Crippen molar-refractivity contribution in [3.63, 3.8) is 0 Å². The summed E-state index contributed by atoms with van der Waals surface area (Å²) < 4.78 is 11.2. The van der Waals surface area contributed by atoms with Crippen LogP contribution in [-0.4, -0.2) is 41.4 Å². The van der Waals surface area contributed by atoms with Gasteiger partial charge in [-0.2, -0.15) is 0 Å². The minimum Gasteiger partial charge on any atom is -1.00 e. The summed E-state index contributed by atoms with van der Waals surface area (Å²) >= 11 is 0. The number of amides is 2. The third-order valence-electron chi connectivity index (χ3n) is 5.30. The van der Waals surface area contributed by atoms with Crippen molar-refractivity contribution in [3.05, 3.63) is 102 Å². The Hall–Kier alpha value is -2.80. The van der Waals surface area contributed by atoms with E-state index in [-0.39, 0.29) is 50.0 Å². The number of hydrogen-bond donors (Lipinski definition) is 0. The van der Waals surface area contributed by atoms with Crippen molar-refractivity contribution >= 4 is 12.0 Å². The van der Waals surface area contributed by atoms with Crippen molar-refractivity contribution in [2.75, 3.05) is 19.6 Å². The molecule has 0 unspecified atom stereocenters. The van der Waals surface area contributed by atoms with E-state index in [9.17, 15) is 9.59 Å². The topological polar surface area (TPSA) is 59.1 Å². The van der Waals surface area contributed by atoms with Crippen LogP contribution < -0.4 is 34.3 Å². The number of carbonyl (C=O) groups is 2. The molecule has 0 atom stereocenters. The Kier molecular flexibility index (Phi) is 9.36. The van der Waals surface area contributed by atoms with Gasteiger partial charge in [-0.1, -0.05) is 72.8 Å². The minimum absolute atomic E-state index is 0. The van der Waals surface area contributed by atoms with Gasteiger partial charge in [0.2, 0.25) is 5.91 Å². The fourth-order valence-electron chi connectivity index (χ4n) is 3.54. The Morgan fingerprint density at radius 1 is 0.818 bits per heavy atom. The van der Waals surface area contributed by atoms with E-state index < -0.39 is 6.09 Å². The number of rotatable bonds is 7. The molecule has 0 saturated carbocycles. The molecule has 0 aliphatic carbocycles. The van der Waals surface area contributed by atoms with E-state index in [1.807, 2.05) is 84.9 Å². The van der Waals surface area contributed by atoms with Crippen molar-refractivity contribution in [2.24, 2.45) is 0 Å². The molecule has 0 spiro atoms. The molecule has 0 radical (unpaired) electrons. The van der Waals surface area contributed by atoms with Crippen molar-refractivity contribution in [2.45, 2.75) is 19.8 Å². The molecule has 3 aromatic rings. The van der Waals surface area contributed by atoms with Crippen LogP contribution in [-0.2, 0) is 29.3 Å². The minimum atomic E-state index is -0.460. The van der Waals surface area contributed by atoms with Crippen molar-refractivity contribution in [1.29, 1.82) is 0 Å². The van der Waals surface area contributed by atoms with E-state index in [0.29, 0.717) is 26.2 Å². The Bertz CT molecular complexity index is 1050. The van der Waals surface area contributed by atoms with Crippen LogP contribution in [0.15, 0.2) is 84.9 Å². The van der Waals surface area contributed by atoms with Gasteiger partial charge in [-0.25, -0.2) is 4.79 Å². The average Bonchev–Trinajstić information content (AvgIpc) is 2.84. The monoisotopic (exact) mass is 454 g/mol. The van der Waals surface area contributed by atoms with Crippen LogP contribution in [0, 0.1) is 0 Å². The summed E-state index contributed by atoms with van der Waals surface area (Å²) in [7, 11) is 0. The van der Waals surface area contributed by atoms with Gasteiger partial charge in [-0.3, -0.25) is 9.69 Å². The summed E-state index contributed by atoms with van der Waals surface area (Å²) in [4.78, 5) is 28.2. The van der Waals surface area contributed by atoms with E-state index in [1.54, 1.807) is 4.90 Å². The third kappa shape index (κ3) is 7.35. The first-order chi connectivity index (χ1) is 15.7. The number of piperazine rings is 1. The smallest absolute Gasteiger partial charge is 1.00 e. The van der Waals surface area contributed by atoms with Gasteiger partial charge < -0.3 is 15.8 Å². The van der Waals surface area contributed by atoms with Gasteiger partial charge in [-0.15, -0.1) is 0 Å². The van der Waals surface area contributed by atoms with E-state index in [0.717, 1.165) is 22.4 Å². The first-order valence-corrected chi connectivity index (χ1v) is 10.7. The Labute approximate surface area is 217 Å². The van der Waals surface area contributed by atoms with E-state index in [2.05, 4.69) is 0 Å². The van der Waals surface area contributed by atoms with Gasteiger partial charge in [0.15, 0.2) is 0 Å². The van der Waals surface area contributed by atoms with Gasteiger partial charge in [-0.05, 0) is 28.8 Å². The van der Waals surface area contributed by atoms with Crippen LogP contribution in [0.4, 0.5) is 4.79 Å². The molecule has 1 aliphatic heterocycles. The second kappa shape index (κ2) is 12.4. The van der Waals surface area contributed by atoms with Crippen LogP contribution in [0.2, 0.25) is 0 Å². The molecule has 33 heavy (non-hydrogen) atoms. The Morgan fingerprint density at radius 3 is 2.12 bits per heavy atom. The van der Waals surface area contributed by atoms with Crippen molar-refractivity contribution in [3.8, 4) is 5.75 Å². The fourth-order valence-corrected chi connectivity index (χ4v) is 3.54. The predicted molar refractivity (Wildman–Crippen MR) is 122 cm³/mol. The standard InChI is InChI=1S/C26H26N2O4.Na.H/c29-25-18-28(26(30)32-20-22-10-5-2-6-11-22)15-14-27(25)17-23-12-7-13-24(16-23)31-19-21-8-3-1-4-9-21;;/h1-13,16H,14-15,17-20H2;;/q;+1;-1. The molecule has 1 fully saturated rings. The largest absolute Gasteiger partial charge is 1.00 e. The van der Waals surface area contributed by atoms with E-state index >= 15 is 0 Å². The summed E-state index contributed by atoms with van der Waals surface area (Å²) in [6.45, 7) is 2.11. The van der Waals surface area contributed by atoms with Crippen molar-refractivity contribution < 1.29 is 50.0 Å². The molecule has 0 bridgehead atoms. The zero-order valence-corrected chi connectivity index (χ0v) is 20.9. The molecule has 0 aromatic heterocycles. The molecule has 0 N–H and O–H groups in total. The first kappa shape index (κ1) is 24.8. The van der Waals surface area contributed by atoms with Gasteiger partial charge >= 0.3 is 35.7 Å². The second-order valence-electron chi connectivity index (χ2n) is 7.70. The zero-order valence-electron chi connectivity index (χ0n) is 19.9. The normalized spacial score (nSPS) is 13.3. The van der Waals surface area contributed by atoms with E-state index in [1.165, 1.54) is 4.90 Å². The number of benzene rings is 3. The predicted octanol–water partition coefficient (Wildman–Crippen LogP) is 1.36. The van der Waals surface area contributed by atoms with Crippen LogP contribution in [0.3, 0.4) is 0 Å². The molecule has 1 aliphatic rings. The average molecular weight is 455 g/mol. The van der Waals surface area contributed by atoms with Crippen LogP contribution in [0.25, 0.3) is 0 Å². The van der Waals surface area contributed by atoms with Gasteiger partial charge in [0.25, 0.3) is 0 Å². The number of ether oxygens (including phenoxy) is 2. The second-order valence-corrected chi connectivity index (χ2v) is 7.70. The Balaban J connectivity index is 0.00000204. The fraction of sp³-hybridized carbons (Fsp3) is 0.231. The maximum atomic E-state index is 12.6. The molecular weight excluding hydrogens is 427 g/mol. The van der Waals surface area contributed by atoms with Crippen LogP contribution in [0.1, 0.15) is 18.1 Å². The molecule has 2 amide bonds. The molecule has 166 valence electrons. The summed E-state index contributed by atoms with van der Waals surface area (Å²) in [6.07, 6.45) is -0.460. The number of carbonyl (C=O) groups excluding carboxylic acids is 2. The quantitative estimate of drug-likeness (QED) is 0.506. The third-order valence-corrected chi connectivity index (χ3v) is 5.30. The molecule has 3 aromatic carbocycles. The zero-order chi connectivity index (χ0) is 22.2. The summed E-state index contributed by atoms with van der Waals surface area (Å²) in [5, 5.41) is 0. The maximum absolute atomic E-state index is 12.6. The van der Waals surface area contributed by atoms with Gasteiger partial charge in [0, 0.05) is 19.6 Å². The van der Waals surface area contributed by atoms with E-state index in [4.69, 9.17) is 9.47 Å². The molecular formula is C26H27N2NaO4. The summed E-state index contributed by atoms with van der Waals surface area (Å²) in [5.74, 6) is 0.672. The van der Waals surface area contributed by atoms with Crippen LogP contribution >= 0.6 is 0 Å². The molecule has 6 nitrogen and oxygen atoms in total. The molecule has 1 saturated heterocycles. The number of nitrogens with zero attached hydrogens (tertiary/aromatic N) is 2. The van der Waals surface area contributed by atoms with Gasteiger partial charge in [0.05, 0.1) is 0 Å². The molecule has 4 rings (SSSR count). The summed E-state index contributed by atoms with van der Waals surface area (Å²) in [5.41, 5.74) is 3.01. The molecule has 1 heterocycles. The number of hydrogen-bond acceptors (Lipinski definition) is 4. The maximum Gasteiger partial charge on any atom is 1.00 e. The summed E-state index contributed by atoms with van der Waals surface area (Å²) in [6, 6.07) is 27.3. The molecule has 7 heteroatoms. The van der Waals surface area contributed by atoms with Crippen molar-refractivity contribution in [1.82, 2.24) is 9.80 Å². The first-order valence-electron chi connectivity index (χ1n) is 10.7. The van der Waals surface area contributed by atoms with Crippen LogP contribution in [0.5, 0.6) is 5.75 Å². The SMILES string of the molecule is O=C1CN(C(=O)OCc2ccccc2)CCN1Cc1cccc(OCc2ccccc2)c1.[H-].[Na+]. The Morgan fingerprint density at radius 2 is 1.45 bits per heavy atom. The van der Waals surface area contributed by atoms with Gasteiger partial charge in [0.1, 0.15) is 25.5 Å².